The maximum atomic E-state index is 13.0. The number of carboxylic acid groups (broad SMARTS) is 1. The molecule has 0 atom stereocenters. The van der Waals surface area contributed by atoms with E-state index in [2.05, 4.69) is 0 Å². The highest BCUT2D eigenvalue weighted by Gasteiger charge is 2.18. The van der Waals surface area contributed by atoms with E-state index in [9.17, 15) is 26.8 Å². The molecule has 1 rings (SSSR count). The third-order valence-corrected chi connectivity index (χ3v) is 2.74. The molecule has 1 amide bonds. The predicted octanol–water partition coefficient (Wildman–Crippen LogP) is 0.646. The molecule has 0 spiro atoms. The number of halogens is 2. The molecule has 0 unspecified atom stereocenters. The van der Waals surface area contributed by atoms with Crippen molar-refractivity contribution in [1.29, 1.82) is 0 Å². The molecule has 0 fully saturated rings. The maximum absolute atomic E-state index is 13.0. The molecule has 0 bridgehead atoms. The van der Waals surface area contributed by atoms with Gasteiger partial charge in [0.15, 0.2) is 21.5 Å². The average molecular weight is 293 g/mol. The molecule has 104 valence electrons. The fourth-order valence-corrected chi connectivity index (χ4v) is 1.80. The van der Waals surface area contributed by atoms with Crippen molar-refractivity contribution < 1.29 is 31.9 Å². The number of carbonyl (C=O) groups excluding carboxylic acids is 1. The summed E-state index contributed by atoms with van der Waals surface area (Å²) in [6, 6.07) is 0.868. The Morgan fingerprint density at radius 1 is 1.26 bits per heavy atom. The summed E-state index contributed by atoms with van der Waals surface area (Å²) in [4.78, 5) is 22.1. The number of sulfone groups is 1. The monoisotopic (exact) mass is 293 g/mol. The molecule has 1 aromatic rings. The van der Waals surface area contributed by atoms with Crippen LogP contribution in [0.25, 0.3) is 0 Å². The number of carbonyl (C=O) groups is 2. The second-order valence-electron chi connectivity index (χ2n) is 3.74. The number of nitrogens with one attached hydrogen (secondary N) is 1. The average Bonchev–Trinajstić information content (AvgIpc) is 2.19. The fraction of sp³-hybridized carbons (Fsp3) is 0.200. The number of carboxylic acids is 1. The second-order valence-corrected chi connectivity index (χ2v) is 5.88. The first-order valence-corrected chi connectivity index (χ1v) is 6.86. The summed E-state index contributed by atoms with van der Waals surface area (Å²) < 4.78 is 47.6. The van der Waals surface area contributed by atoms with Crippen LogP contribution in [0.4, 0.5) is 14.5 Å². The number of amides is 1. The summed E-state index contributed by atoms with van der Waals surface area (Å²) in [6.45, 7) is 0. The van der Waals surface area contributed by atoms with Gasteiger partial charge in [-0.15, -0.1) is 0 Å². The number of rotatable bonds is 4. The van der Waals surface area contributed by atoms with E-state index >= 15 is 0 Å². The minimum Gasteiger partial charge on any atom is -0.478 e. The van der Waals surface area contributed by atoms with Crippen molar-refractivity contribution in [2.24, 2.45) is 0 Å². The quantitative estimate of drug-likeness (QED) is 0.848. The van der Waals surface area contributed by atoms with Gasteiger partial charge in [-0.05, 0) is 6.07 Å². The number of hydrogen-bond acceptors (Lipinski definition) is 4. The van der Waals surface area contributed by atoms with Crippen LogP contribution in [-0.4, -0.2) is 37.4 Å². The van der Waals surface area contributed by atoms with Gasteiger partial charge in [0, 0.05) is 12.3 Å². The van der Waals surface area contributed by atoms with Gasteiger partial charge in [0.1, 0.15) is 5.75 Å². The largest absolute Gasteiger partial charge is 0.478 e. The first-order chi connectivity index (χ1) is 8.60. The number of aromatic carboxylic acids is 1. The van der Waals surface area contributed by atoms with E-state index < -0.39 is 50.4 Å². The van der Waals surface area contributed by atoms with E-state index in [0.717, 1.165) is 6.26 Å². The van der Waals surface area contributed by atoms with Crippen molar-refractivity contribution in [2.45, 2.75) is 0 Å². The second kappa shape index (κ2) is 5.31. The van der Waals surface area contributed by atoms with Crippen LogP contribution in [0.3, 0.4) is 0 Å². The molecule has 1 aromatic carbocycles. The van der Waals surface area contributed by atoms with Crippen molar-refractivity contribution in [2.75, 3.05) is 17.3 Å². The number of anilines is 1. The number of benzene rings is 1. The molecule has 0 saturated heterocycles. The highest BCUT2D eigenvalue weighted by Crippen LogP contribution is 2.20. The fourth-order valence-electron chi connectivity index (χ4n) is 1.25. The summed E-state index contributed by atoms with van der Waals surface area (Å²) in [5, 5.41) is 10.7. The maximum Gasteiger partial charge on any atom is 0.337 e. The van der Waals surface area contributed by atoms with Crippen LogP contribution < -0.4 is 5.32 Å². The first kappa shape index (κ1) is 15.0. The molecule has 0 aliphatic rings. The van der Waals surface area contributed by atoms with Crippen LogP contribution in [-0.2, 0) is 14.6 Å². The van der Waals surface area contributed by atoms with E-state index in [1.54, 1.807) is 0 Å². The highest BCUT2D eigenvalue weighted by atomic mass is 32.2. The molecule has 0 radical (unpaired) electrons. The number of hydrogen-bond donors (Lipinski definition) is 2. The van der Waals surface area contributed by atoms with Crippen molar-refractivity contribution in [3.63, 3.8) is 0 Å². The minimum absolute atomic E-state index is 0.397. The molecule has 0 aromatic heterocycles. The third kappa shape index (κ3) is 4.28. The van der Waals surface area contributed by atoms with Crippen molar-refractivity contribution in [3.8, 4) is 0 Å². The summed E-state index contributed by atoms with van der Waals surface area (Å²) in [7, 11) is -3.62. The lowest BCUT2D eigenvalue weighted by Crippen LogP contribution is -2.23. The Balaban J connectivity index is 3.10. The van der Waals surface area contributed by atoms with Crippen LogP contribution in [0.1, 0.15) is 10.4 Å². The zero-order valence-corrected chi connectivity index (χ0v) is 10.4. The Morgan fingerprint density at radius 2 is 1.79 bits per heavy atom. The SMILES string of the molecule is CS(=O)(=O)CC(=O)Nc1cc(F)c(F)cc1C(=O)O. The molecule has 0 aliphatic carbocycles. The Morgan fingerprint density at radius 3 is 2.26 bits per heavy atom. The Hall–Kier alpha value is -2.03. The Bertz CT molecular complexity index is 642. The van der Waals surface area contributed by atoms with Crippen LogP contribution in [0.2, 0.25) is 0 Å². The molecule has 0 saturated carbocycles. The zero-order chi connectivity index (χ0) is 14.8. The molecule has 19 heavy (non-hydrogen) atoms. The van der Waals surface area contributed by atoms with Gasteiger partial charge < -0.3 is 10.4 Å². The van der Waals surface area contributed by atoms with Gasteiger partial charge in [-0.3, -0.25) is 4.79 Å². The molecule has 2 N–H and O–H groups in total. The van der Waals surface area contributed by atoms with Gasteiger partial charge in [-0.25, -0.2) is 22.0 Å². The van der Waals surface area contributed by atoms with Gasteiger partial charge in [0.05, 0.1) is 11.3 Å². The van der Waals surface area contributed by atoms with Crippen LogP contribution in [0, 0.1) is 11.6 Å². The molecule has 0 heterocycles. The predicted molar refractivity (Wildman–Crippen MR) is 61.7 cm³/mol. The minimum atomic E-state index is -3.62. The van der Waals surface area contributed by atoms with E-state index in [1.165, 1.54) is 0 Å². The van der Waals surface area contributed by atoms with Gasteiger partial charge in [0.25, 0.3) is 0 Å². The van der Waals surface area contributed by atoms with Crippen LogP contribution in [0.15, 0.2) is 12.1 Å². The summed E-state index contributed by atoms with van der Waals surface area (Å²) in [5.74, 6) is -6.28. The molecular weight excluding hydrogens is 284 g/mol. The van der Waals surface area contributed by atoms with Crippen LogP contribution in [0.5, 0.6) is 0 Å². The topological polar surface area (TPSA) is 101 Å². The van der Waals surface area contributed by atoms with Gasteiger partial charge in [-0.2, -0.15) is 0 Å². The van der Waals surface area contributed by atoms with Crippen molar-refractivity contribution in [3.05, 3.63) is 29.3 Å². The summed E-state index contributed by atoms with van der Waals surface area (Å²) in [5.41, 5.74) is -1.19. The summed E-state index contributed by atoms with van der Waals surface area (Å²) in [6.07, 6.45) is 0.802. The van der Waals surface area contributed by atoms with Gasteiger partial charge in [-0.1, -0.05) is 0 Å². The molecular formula is C10H9F2NO5S. The Labute approximate surface area is 107 Å². The zero-order valence-electron chi connectivity index (χ0n) is 9.61. The molecule has 6 nitrogen and oxygen atoms in total. The van der Waals surface area contributed by atoms with Gasteiger partial charge >= 0.3 is 5.97 Å². The third-order valence-electron chi connectivity index (χ3n) is 1.96. The lowest BCUT2D eigenvalue weighted by molar-refractivity contribution is -0.113. The van der Waals surface area contributed by atoms with Gasteiger partial charge in [0.2, 0.25) is 5.91 Å². The van der Waals surface area contributed by atoms with E-state index in [0.29, 0.717) is 12.1 Å². The standard InChI is InChI=1S/C10H9F2NO5S/c1-19(17,18)4-9(14)13-8-3-7(12)6(11)2-5(8)10(15)16/h2-3H,4H2,1H3,(H,13,14)(H,15,16). The summed E-state index contributed by atoms with van der Waals surface area (Å²) >= 11 is 0. The van der Waals surface area contributed by atoms with Crippen molar-refractivity contribution in [1.82, 2.24) is 0 Å². The lowest BCUT2D eigenvalue weighted by Gasteiger charge is -2.08. The van der Waals surface area contributed by atoms with E-state index in [4.69, 9.17) is 5.11 Å². The lowest BCUT2D eigenvalue weighted by atomic mass is 10.1. The first-order valence-electron chi connectivity index (χ1n) is 4.80. The Kier molecular flexibility index (Phi) is 4.20. The van der Waals surface area contributed by atoms with E-state index in [1.807, 2.05) is 5.32 Å². The van der Waals surface area contributed by atoms with E-state index in [-0.39, 0.29) is 0 Å². The molecule has 9 heteroatoms. The van der Waals surface area contributed by atoms with Crippen molar-refractivity contribution >= 4 is 27.4 Å². The molecule has 0 aliphatic heterocycles. The highest BCUT2D eigenvalue weighted by molar-refractivity contribution is 7.91. The smallest absolute Gasteiger partial charge is 0.337 e. The van der Waals surface area contributed by atoms with Crippen LogP contribution >= 0.6 is 0 Å². The normalized spacial score (nSPS) is 11.1.